The predicted octanol–water partition coefficient (Wildman–Crippen LogP) is 1.27. The number of rotatable bonds is 4. The van der Waals surface area contributed by atoms with Gasteiger partial charge in [0, 0.05) is 13.1 Å². The molecule has 0 spiro atoms. The van der Waals surface area contributed by atoms with Crippen LogP contribution in [0.1, 0.15) is 24.2 Å². The van der Waals surface area contributed by atoms with Crippen molar-refractivity contribution in [2.45, 2.75) is 24.8 Å². The maximum atomic E-state index is 12.4. The van der Waals surface area contributed by atoms with E-state index in [0.29, 0.717) is 31.9 Å². The molecule has 7 heteroatoms. The van der Waals surface area contributed by atoms with Gasteiger partial charge < -0.3 is 9.47 Å². The van der Waals surface area contributed by atoms with Gasteiger partial charge in [0.25, 0.3) is 0 Å². The zero-order valence-electron chi connectivity index (χ0n) is 12.1. The van der Waals surface area contributed by atoms with Crippen LogP contribution in [0.3, 0.4) is 0 Å². The van der Waals surface area contributed by atoms with E-state index in [2.05, 4.69) is 0 Å². The van der Waals surface area contributed by atoms with Crippen LogP contribution in [-0.2, 0) is 19.5 Å². The second kappa shape index (κ2) is 6.55. The Bertz CT molecular complexity index is 588. The Balaban J connectivity index is 2.16. The molecule has 116 valence electrons. The highest BCUT2D eigenvalue weighted by Gasteiger charge is 2.26. The molecule has 0 atom stereocenters. The highest BCUT2D eigenvalue weighted by Crippen LogP contribution is 2.18. The molecular weight excluding hydrogens is 294 g/mol. The molecule has 1 aromatic rings. The van der Waals surface area contributed by atoms with Crippen molar-refractivity contribution in [2.24, 2.45) is 0 Å². The third kappa shape index (κ3) is 3.81. The van der Waals surface area contributed by atoms with Gasteiger partial charge in [-0.25, -0.2) is 13.2 Å². The molecule has 0 aliphatic carbocycles. The van der Waals surface area contributed by atoms with Crippen LogP contribution in [0, 0.1) is 0 Å². The van der Waals surface area contributed by atoms with E-state index in [0.717, 1.165) is 0 Å². The van der Waals surface area contributed by atoms with Gasteiger partial charge in [-0.1, -0.05) is 0 Å². The van der Waals surface area contributed by atoms with Gasteiger partial charge in [0.05, 0.1) is 29.8 Å². The van der Waals surface area contributed by atoms with Crippen LogP contribution in [-0.4, -0.2) is 51.1 Å². The lowest BCUT2D eigenvalue weighted by molar-refractivity contribution is 0.0378. The molecule has 0 radical (unpaired) electrons. The SMILES string of the molecule is CC(C)OC(=O)c1ccc(S(=O)(=O)N2CCOCC2)cc1. The number of carbonyl (C=O) groups is 1. The highest BCUT2D eigenvalue weighted by atomic mass is 32.2. The monoisotopic (exact) mass is 313 g/mol. The van der Waals surface area contributed by atoms with E-state index in [1.807, 2.05) is 0 Å². The molecule has 21 heavy (non-hydrogen) atoms. The quantitative estimate of drug-likeness (QED) is 0.783. The molecule has 1 saturated heterocycles. The number of nitrogens with zero attached hydrogens (tertiary/aromatic N) is 1. The van der Waals surface area contributed by atoms with Crippen molar-refractivity contribution in [3.05, 3.63) is 29.8 Å². The number of carbonyl (C=O) groups excluding carboxylic acids is 1. The van der Waals surface area contributed by atoms with Crippen molar-refractivity contribution in [1.29, 1.82) is 0 Å². The van der Waals surface area contributed by atoms with Gasteiger partial charge >= 0.3 is 5.97 Å². The molecule has 1 fully saturated rings. The fourth-order valence-corrected chi connectivity index (χ4v) is 3.39. The van der Waals surface area contributed by atoms with E-state index in [-0.39, 0.29) is 11.0 Å². The summed E-state index contributed by atoms with van der Waals surface area (Å²) in [5, 5.41) is 0. The van der Waals surface area contributed by atoms with Gasteiger partial charge in [0.2, 0.25) is 10.0 Å². The lowest BCUT2D eigenvalue weighted by atomic mass is 10.2. The third-order valence-corrected chi connectivity index (χ3v) is 4.95. The number of hydrogen-bond donors (Lipinski definition) is 0. The van der Waals surface area contributed by atoms with Crippen molar-refractivity contribution in [1.82, 2.24) is 4.31 Å². The van der Waals surface area contributed by atoms with Crippen LogP contribution in [0.5, 0.6) is 0 Å². The standard InChI is InChI=1S/C14H19NO5S/c1-11(2)20-14(16)12-3-5-13(6-4-12)21(17,18)15-7-9-19-10-8-15/h3-6,11H,7-10H2,1-2H3. The van der Waals surface area contributed by atoms with Gasteiger partial charge in [-0.2, -0.15) is 4.31 Å². The Kier molecular flexibility index (Phi) is 4.97. The van der Waals surface area contributed by atoms with Gasteiger partial charge in [-0.3, -0.25) is 0 Å². The Morgan fingerprint density at radius 3 is 2.29 bits per heavy atom. The molecule has 1 heterocycles. The van der Waals surface area contributed by atoms with Gasteiger partial charge in [-0.05, 0) is 38.1 Å². The molecule has 0 bridgehead atoms. The molecule has 0 amide bonds. The lowest BCUT2D eigenvalue weighted by Crippen LogP contribution is -2.40. The number of benzene rings is 1. The minimum Gasteiger partial charge on any atom is -0.459 e. The number of ether oxygens (including phenoxy) is 2. The molecule has 6 nitrogen and oxygen atoms in total. The number of sulfonamides is 1. The topological polar surface area (TPSA) is 72.9 Å². The summed E-state index contributed by atoms with van der Waals surface area (Å²) in [4.78, 5) is 11.9. The first-order chi connectivity index (χ1) is 9.91. The van der Waals surface area contributed by atoms with E-state index >= 15 is 0 Å². The molecule has 0 N–H and O–H groups in total. The summed E-state index contributed by atoms with van der Waals surface area (Å²) in [6, 6.07) is 5.81. The molecule has 0 saturated carbocycles. The van der Waals surface area contributed by atoms with E-state index in [4.69, 9.17) is 9.47 Å². The first kappa shape index (κ1) is 15.9. The average Bonchev–Trinajstić information content (AvgIpc) is 2.47. The van der Waals surface area contributed by atoms with Gasteiger partial charge in [0.15, 0.2) is 0 Å². The van der Waals surface area contributed by atoms with Gasteiger partial charge in [-0.15, -0.1) is 0 Å². The Morgan fingerprint density at radius 1 is 1.19 bits per heavy atom. The first-order valence-corrected chi connectivity index (χ1v) is 8.24. The second-order valence-electron chi connectivity index (χ2n) is 4.99. The van der Waals surface area contributed by atoms with E-state index in [9.17, 15) is 13.2 Å². The molecule has 1 aromatic carbocycles. The number of esters is 1. The van der Waals surface area contributed by atoms with Gasteiger partial charge in [0.1, 0.15) is 0 Å². The summed E-state index contributed by atoms with van der Waals surface area (Å²) in [6.45, 7) is 5.01. The van der Waals surface area contributed by atoms with E-state index < -0.39 is 16.0 Å². The van der Waals surface area contributed by atoms with Crippen molar-refractivity contribution in [3.8, 4) is 0 Å². The minimum atomic E-state index is -3.53. The molecule has 0 aromatic heterocycles. The highest BCUT2D eigenvalue weighted by molar-refractivity contribution is 7.89. The van der Waals surface area contributed by atoms with E-state index in [1.54, 1.807) is 13.8 Å². The summed E-state index contributed by atoms with van der Waals surface area (Å²) < 4.78 is 36.4. The maximum Gasteiger partial charge on any atom is 0.338 e. The average molecular weight is 313 g/mol. The zero-order valence-corrected chi connectivity index (χ0v) is 12.9. The zero-order chi connectivity index (χ0) is 15.5. The molecular formula is C14H19NO5S. The van der Waals surface area contributed by atoms with Crippen molar-refractivity contribution in [3.63, 3.8) is 0 Å². The maximum absolute atomic E-state index is 12.4. The van der Waals surface area contributed by atoms with Crippen LogP contribution in [0.4, 0.5) is 0 Å². The summed E-state index contributed by atoms with van der Waals surface area (Å²) in [6.07, 6.45) is -0.214. The molecule has 0 unspecified atom stereocenters. The Labute approximate surface area is 124 Å². The number of hydrogen-bond acceptors (Lipinski definition) is 5. The second-order valence-corrected chi connectivity index (χ2v) is 6.93. The molecule has 1 aliphatic heterocycles. The molecule has 2 rings (SSSR count). The third-order valence-electron chi connectivity index (χ3n) is 3.04. The summed E-state index contributed by atoms with van der Waals surface area (Å²) in [5.74, 6) is -0.458. The Morgan fingerprint density at radius 2 is 1.76 bits per heavy atom. The summed E-state index contributed by atoms with van der Waals surface area (Å²) in [5.41, 5.74) is 0.338. The van der Waals surface area contributed by atoms with Crippen LogP contribution >= 0.6 is 0 Å². The van der Waals surface area contributed by atoms with Crippen molar-refractivity contribution >= 4 is 16.0 Å². The normalized spacial score (nSPS) is 16.9. The summed E-state index contributed by atoms with van der Waals surface area (Å²) in [7, 11) is -3.53. The fraction of sp³-hybridized carbons (Fsp3) is 0.500. The smallest absolute Gasteiger partial charge is 0.338 e. The minimum absolute atomic E-state index is 0.172. The van der Waals surface area contributed by atoms with Crippen LogP contribution < -0.4 is 0 Å². The van der Waals surface area contributed by atoms with Crippen molar-refractivity contribution < 1.29 is 22.7 Å². The predicted molar refractivity (Wildman–Crippen MR) is 76.6 cm³/mol. The first-order valence-electron chi connectivity index (χ1n) is 6.80. The van der Waals surface area contributed by atoms with Crippen molar-refractivity contribution in [2.75, 3.05) is 26.3 Å². The summed E-state index contributed by atoms with van der Waals surface area (Å²) >= 11 is 0. The largest absolute Gasteiger partial charge is 0.459 e. The van der Waals surface area contributed by atoms with E-state index in [1.165, 1.54) is 28.6 Å². The number of morpholine rings is 1. The van der Waals surface area contributed by atoms with Crippen LogP contribution in [0.15, 0.2) is 29.2 Å². The van der Waals surface area contributed by atoms with Crippen LogP contribution in [0.25, 0.3) is 0 Å². The fourth-order valence-electron chi connectivity index (χ4n) is 1.98. The molecule has 1 aliphatic rings. The lowest BCUT2D eigenvalue weighted by Gasteiger charge is -2.26. The Hall–Kier alpha value is -1.44. The van der Waals surface area contributed by atoms with Crippen LogP contribution in [0.2, 0.25) is 0 Å².